The number of hydrogen-bond donors (Lipinski definition) is 1. The summed E-state index contributed by atoms with van der Waals surface area (Å²) in [5.41, 5.74) is 2.14. The van der Waals surface area contributed by atoms with Gasteiger partial charge in [-0.05, 0) is 16.8 Å². The van der Waals surface area contributed by atoms with Crippen molar-refractivity contribution in [1.29, 1.82) is 0 Å². The van der Waals surface area contributed by atoms with Gasteiger partial charge in [-0.15, -0.1) is 11.6 Å². The second-order valence-corrected chi connectivity index (χ2v) is 4.21. The summed E-state index contributed by atoms with van der Waals surface area (Å²) >= 11 is 5.73. The van der Waals surface area contributed by atoms with Gasteiger partial charge < -0.3 is 4.98 Å². The van der Waals surface area contributed by atoms with E-state index >= 15 is 0 Å². The largest absolute Gasteiger partial charge is 0.341 e. The number of rotatable bonds is 2. The summed E-state index contributed by atoms with van der Waals surface area (Å²) in [7, 11) is 0. The summed E-state index contributed by atoms with van der Waals surface area (Å²) in [6, 6.07) is 14.7. The molecule has 0 saturated carbocycles. The Balaban J connectivity index is 2.11. The van der Waals surface area contributed by atoms with Gasteiger partial charge in [0.25, 0.3) is 0 Å². The zero-order valence-electron chi connectivity index (χ0n) is 9.15. The maximum Gasteiger partial charge on any atom is 0.121 e. The van der Waals surface area contributed by atoms with Crippen molar-refractivity contribution in [3.05, 3.63) is 54.5 Å². The Hall–Kier alpha value is -1.80. The van der Waals surface area contributed by atoms with Crippen molar-refractivity contribution < 1.29 is 0 Å². The maximum atomic E-state index is 5.73. The summed E-state index contributed by atoms with van der Waals surface area (Å²) < 4.78 is 0. The lowest BCUT2D eigenvalue weighted by molar-refractivity contribution is 1.12. The number of aromatic amines is 1. The average Bonchev–Trinajstić information content (AvgIpc) is 2.87. The van der Waals surface area contributed by atoms with Crippen LogP contribution in [0.15, 0.2) is 48.7 Å². The Labute approximate surface area is 104 Å². The first-order chi connectivity index (χ1) is 8.36. The molecule has 0 fully saturated rings. The van der Waals surface area contributed by atoms with Crippen molar-refractivity contribution in [3.8, 4) is 11.3 Å². The highest BCUT2D eigenvalue weighted by Crippen LogP contribution is 2.23. The minimum absolute atomic E-state index is 0.410. The van der Waals surface area contributed by atoms with Crippen molar-refractivity contribution in [2.75, 3.05) is 0 Å². The van der Waals surface area contributed by atoms with Gasteiger partial charge in [-0.3, -0.25) is 0 Å². The van der Waals surface area contributed by atoms with E-state index in [9.17, 15) is 0 Å². The molecule has 17 heavy (non-hydrogen) atoms. The van der Waals surface area contributed by atoms with E-state index in [1.54, 1.807) is 0 Å². The third-order valence-electron chi connectivity index (χ3n) is 2.82. The fourth-order valence-corrected chi connectivity index (χ4v) is 2.07. The maximum absolute atomic E-state index is 5.73. The van der Waals surface area contributed by atoms with E-state index in [4.69, 9.17) is 11.6 Å². The van der Waals surface area contributed by atoms with E-state index in [0.717, 1.165) is 17.1 Å². The lowest BCUT2D eigenvalue weighted by atomic mass is 10.1. The summed E-state index contributed by atoms with van der Waals surface area (Å²) in [4.78, 5) is 7.40. The topological polar surface area (TPSA) is 28.7 Å². The highest BCUT2D eigenvalue weighted by atomic mass is 35.5. The van der Waals surface area contributed by atoms with Gasteiger partial charge in [-0.2, -0.15) is 0 Å². The second kappa shape index (κ2) is 4.22. The Bertz CT molecular complexity index is 658. The lowest BCUT2D eigenvalue weighted by Gasteiger charge is -2.01. The molecule has 1 heterocycles. The third-order valence-corrected chi connectivity index (χ3v) is 3.07. The SMILES string of the molecule is ClCc1ncc(-c2ccc3ccccc3c2)[nH]1. The van der Waals surface area contributed by atoms with Gasteiger partial charge >= 0.3 is 0 Å². The van der Waals surface area contributed by atoms with Gasteiger partial charge in [0.15, 0.2) is 0 Å². The van der Waals surface area contributed by atoms with Crippen molar-refractivity contribution in [2.45, 2.75) is 5.88 Å². The number of imidazole rings is 1. The molecule has 0 aliphatic heterocycles. The fourth-order valence-electron chi connectivity index (χ4n) is 1.93. The number of hydrogen-bond acceptors (Lipinski definition) is 1. The fraction of sp³-hybridized carbons (Fsp3) is 0.0714. The molecule has 1 aromatic heterocycles. The number of halogens is 1. The van der Waals surface area contributed by atoms with E-state index < -0.39 is 0 Å². The quantitative estimate of drug-likeness (QED) is 0.677. The zero-order valence-corrected chi connectivity index (χ0v) is 9.91. The normalized spacial score (nSPS) is 10.9. The molecule has 0 amide bonds. The van der Waals surface area contributed by atoms with Gasteiger partial charge in [-0.25, -0.2) is 4.98 Å². The molecule has 2 aromatic carbocycles. The lowest BCUT2D eigenvalue weighted by Crippen LogP contribution is -1.81. The Morgan fingerprint density at radius 1 is 1.06 bits per heavy atom. The van der Waals surface area contributed by atoms with Gasteiger partial charge in [0.1, 0.15) is 5.82 Å². The molecule has 0 aliphatic rings. The first-order valence-electron chi connectivity index (χ1n) is 5.46. The summed E-state index contributed by atoms with van der Waals surface area (Å²) in [6.45, 7) is 0. The highest BCUT2D eigenvalue weighted by molar-refractivity contribution is 6.16. The van der Waals surface area contributed by atoms with Gasteiger partial charge in [0.2, 0.25) is 0 Å². The third kappa shape index (κ3) is 1.92. The Morgan fingerprint density at radius 2 is 1.88 bits per heavy atom. The molecule has 0 atom stereocenters. The van der Waals surface area contributed by atoms with Gasteiger partial charge in [-0.1, -0.05) is 36.4 Å². The van der Waals surface area contributed by atoms with Crippen LogP contribution in [0.1, 0.15) is 5.82 Å². The molecule has 0 saturated heterocycles. The second-order valence-electron chi connectivity index (χ2n) is 3.94. The number of benzene rings is 2. The predicted octanol–water partition coefficient (Wildman–Crippen LogP) is 3.97. The van der Waals surface area contributed by atoms with Crippen molar-refractivity contribution in [1.82, 2.24) is 9.97 Å². The number of nitrogens with zero attached hydrogens (tertiary/aromatic N) is 1. The summed E-state index contributed by atoms with van der Waals surface area (Å²) in [6.07, 6.45) is 1.82. The molecule has 1 N–H and O–H groups in total. The predicted molar refractivity (Wildman–Crippen MR) is 71.1 cm³/mol. The average molecular weight is 243 g/mol. The van der Waals surface area contributed by atoms with E-state index in [1.165, 1.54) is 10.8 Å². The van der Waals surface area contributed by atoms with Crippen LogP contribution < -0.4 is 0 Å². The molecule has 0 aliphatic carbocycles. The van der Waals surface area contributed by atoms with Crippen LogP contribution >= 0.6 is 11.6 Å². The van der Waals surface area contributed by atoms with Crippen LogP contribution in [0.5, 0.6) is 0 Å². The van der Waals surface area contributed by atoms with E-state index in [1.807, 2.05) is 18.3 Å². The zero-order chi connectivity index (χ0) is 11.7. The standard InChI is InChI=1S/C14H11ClN2/c15-8-14-16-9-13(17-14)12-6-5-10-3-1-2-4-11(10)7-12/h1-7,9H,8H2,(H,16,17). The van der Waals surface area contributed by atoms with Crippen LogP contribution in [0.25, 0.3) is 22.0 Å². The minimum atomic E-state index is 0.410. The first-order valence-corrected chi connectivity index (χ1v) is 5.99. The molecule has 0 spiro atoms. The van der Waals surface area contributed by atoms with Crippen LogP contribution in [0.2, 0.25) is 0 Å². The number of fused-ring (bicyclic) bond motifs is 1. The molecule has 3 rings (SSSR count). The monoisotopic (exact) mass is 242 g/mol. The van der Waals surface area contributed by atoms with Crippen molar-refractivity contribution >= 4 is 22.4 Å². The molecule has 3 heteroatoms. The Morgan fingerprint density at radius 3 is 2.65 bits per heavy atom. The smallest absolute Gasteiger partial charge is 0.121 e. The molecule has 0 bridgehead atoms. The minimum Gasteiger partial charge on any atom is -0.341 e. The molecular formula is C14H11ClN2. The van der Waals surface area contributed by atoms with Crippen LogP contribution in [-0.4, -0.2) is 9.97 Å². The molecule has 84 valence electrons. The van der Waals surface area contributed by atoms with Crippen LogP contribution in [-0.2, 0) is 5.88 Å². The van der Waals surface area contributed by atoms with E-state index in [0.29, 0.717) is 5.88 Å². The van der Waals surface area contributed by atoms with Crippen LogP contribution in [0.3, 0.4) is 0 Å². The number of H-pyrrole nitrogens is 1. The first kappa shape index (κ1) is 10.4. The van der Waals surface area contributed by atoms with Crippen molar-refractivity contribution in [2.24, 2.45) is 0 Å². The van der Waals surface area contributed by atoms with E-state index in [2.05, 4.69) is 40.3 Å². The highest BCUT2D eigenvalue weighted by Gasteiger charge is 2.03. The number of alkyl halides is 1. The summed E-state index contributed by atoms with van der Waals surface area (Å²) in [5, 5.41) is 2.47. The molecule has 0 unspecified atom stereocenters. The van der Waals surface area contributed by atoms with Crippen LogP contribution in [0, 0.1) is 0 Å². The number of nitrogens with one attached hydrogen (secondary N) is 1. The number of aromatic nitrogens is 2. The van der Waals surface area contributed by atoms with Crippen LogP contribution in [0.4, 0.5) is 0 Å². The molecule has 0 radical (unpaired) electrons. The van der Waals surface area contributed by atoms with Gasteiger partial charge in [0, 0.05) is 5.56 Å². The molecular weight excluding hydrogens is 232 g/mol. The Kier molecular flexibility index (Phi) is 2.57. The van der Waals surface area contributed by atoms with Crippen molar-refractivity contribution in [3.63, 3.8) is 0 Å². The molecule has 3 aromatic rings. The van der Waals surface area contributed by atoms with E-state index in [-0.39, 0.29) is 0 Å². The van der Waals surface area contributed by atoms with Gasteiger partial charge in [0.05, 0.1) is 17.8 Å². The molecule has 2 nitrogen and oxygen atoms in total. The summed E-state index contributed by atoms with van der Waals surface area (Å²) in [5.74, 6) is 1.21.